The molecule has 0 spiro atoms. The van der Waals surface area contributed by atoms with Gasteiger partial charge in [0.2, 0.25) is 0 Å². The average Bonchev–Trinajstić information content (AvgIpc) is 3.21. The lowest BCUT2D eigenvalue weighted by atomic mass is 10.1. The average molecular weight is 315 g/mol. The number of hydrogen-bond donors (Lipinski definition) is 2. The zero-order valence-corrected chi connectivity index (χ0v) is 13.6. The van der Waals surface area contributed by atoms with Crippen LogP contribution >= 0.6 is 11.3 Å². The topological polar surface area (TPSA) is 45.7 Å². The molecule has 5 heteroatoms. The molecule has 0 fully saturated rings. The molecule has 2 aromatic rings. The number of hydrogen-bond acceptors (Lipinski definition) is 3. The van der Waals surface area contributed by atoms with E-state index in [0.717, 1.165) is 44.2 Å². The van der Waals surface area contributed by atoms with Gasteiger partial charge in [0, 0.05) is 26.6 Å². The Bertz CT molecular complexity index is 637. The van der Waals surface area contributed by atoms with Gasteiger partial charge in [0.05, 0.1) is 6.61 Å². The number of fused-ring (bicyclic) bond motifs is 1. The van der Waals surface area contributed by atoms with E-state index >= 15 is 0 Å². The van der Waals surface area contributed by atoms with E-state index in [1.54, 1.807) is 18.4 Å². The fourth-order valence-corrected chi connectivity index (χ4v) is 3.19. The number of guanidine groups is 1. The molecule has 0 unspecified atom stereocenters. The molecule has 0 radical (unpaired) electrons. The standard InChI is InChI=1S/C17H21N3OS/c1-18-17(20-11-14-6-9-22-12-14)19-7-4-13-2-3-16-15(10-13)5-8-21-16/h2-3,6,9-10,12H,4-5,7-8,11H2,1H3,(H2,18,19,20). The molecule has 1 aromatic carbocycles. The summed E-state index contributed by atoms with van der Waals surface area (Å²) in [7, 11) is 1.80. The van der Waals surface area contributed by atoms with Crippen molar-refractivity contribution in [2.45, 2.75) is 19.4 Å². The largest absolute Gasteiger partial charge is 0.493 e. The van der Waals surface area contributed by atoms with Crippen LogP contribution in [0.2, 0.25) is 0 Å². The smallest absolute Gasteiger partial charge is 0.191 e. The normalized spacial score (nSPS) is 13.6. The minimum Gasteiger partial charge on any atom is -0.493 e. The second kappa shape index (κ2) is 7.31. The van der Waals surface area contributed by atoms with Crippen molar-refractivity contribution >= 4 is 17.3 Å². The molecule has 116 valence electrons. The lowest BCUT2D eigenvalue weighted by molar-refractivity contribution is 0.357. The summed E-state index contributed by atoms with van der Waals surface area (Å²) in [6.45, 7) is 2.48. The number of rotatable bonds is 5. The Hall–Kier alpha value is -2.01. The van der Waals surface area contributed by atoms with E-state index in [1.807, 2.05) is 0 Å². The van der Waals surface area contributed by atoms with Crippen molar-refractivity contribution in [3.8, 4) is 5.75 Å². The minimum atomic E-state index is 0.805. The van der Waals surface area contributed by atoms with Crippen LogP contribution in [-0.2, 0) is 19.4 Å². The van der Waals surface area contributed by atoms with Crippen molar-refractivity contribution in [1.82, 2.24) is 10.6 Å². The van der Waals surface area contributed by atoms with Gasteiger partial charge in [-0.15, -0.1) is 0 Å². The molecule has 22 heavy (non-hydrogen) atoms. The molecule has 0 atom stereocenters. The molecular weight excluding hydrogens is 294 g/mol. The molecule has 1 aliphatic rings. The fourth-order valence-electron chi connectivity index (χ4n) is 2.52. The molecule has 0 bridgehead atoms. The third kappa shape index (κ3) is 3.80. The van der Waals surface area contributed by atoms with E-state index in [-0.39, 0.29) is 0 Å². The Labute approximate surface area is 135 Å². The number of thiophene rings is 1. The van der Waals surface area contributed by atoms with E-state index in [2.05, 4.69) is 50.7 Å². The Morgan fingerprint density at radius 1 is 1.27 bits per heavy atom. The Morgan fingerprint density at radius 3 is 3.05 bits per heavy atom. The van der Waals surface area contributed by atoms with Gasteiger partial charge < -0.3 is 15.4 Å². The summed E-state index contributed by atoms with van der Waals surface area (Å²) in [6, 6.07) is 8.61. The van der Waals surface area contributed by atoms with Gasteiger partial charge >= 0.3 is 0 Å². The maximum absolute atomic E-state index is 5.54. The van der Waals surface area contributed by atoms with Crippen LogP contribution in [0.3, 0.4) is 0 Å². The molecule has 2 heterocycles. The van der Waals surface area contributed by atoms with Gasteiger partial charge in [0.25, 0.3) is 0 Å². The molecule has 2 N–H and O–H groups in total. The third-order valence-electron chi connectivity index (χ3n) is 3.72. The van der Waals surface area contributed by atoms with Crippen LogP contribution in [0.5, 0.6) is 5.75 Å². The van der Waals surface area contributed by atoms with E-state index < -0.39 is 0 Å². The van der Waals surface area contributed by atoms with Crippen LogP contribution in [0, 0.1) is 0 Å². The van der Waals surface area contributed by atoms with Crippen LogP contribution in [0.4, 0.5) is 0 Å². The summed E-state index contributed by atoms with van der Waals surface area (Å²) in [5, 5.41) is 10.9. The van der Waals surface area contributed by atoms with Gasteiger partial charge in [-0.05, 0) is 46.0 Å². The highest BCUT2D eigenvalue weighted by Gasteiger charge is 2.11. The van der Waals surface area contributed by atoms with Crippen molar-refractivity contribution in [3.63, 3.8) is 0 Å². The van der Waals surface area contributed by atoms with E-state index in [4.69, 9.17) is 4.74 Å². The van der Waals surface area contributed by atoms with E-state index in [9.17, 15) is 0 Å². The summed E-state index contributed by atoms with van der Waals surface area (Å²) in [6.07, 6.45) is 2.01. The highest BCUT2D eigenvalue weighted by molar-refractivity contribution is 7.07. The maximum atomic E-state index is 5.54. The van der Waals surface area contributed by atoms with Gasteiger partial charge in [-0.1, -0.05) is 12.1 Å². The van der Waals surface area contributed by atoms with Crippen molar-refractivity contribution in [2.75, 3.05) is 20.2 Å². The van der Waals surface area contributed by atoms with Gasteiger partial charge in [0.15, 0.2) is 5.96 Å². The van der Waals surface area contributed by atoms with E-state index in [1.165, 1.54) is 16.7 Å². The number of nitrogens with zero attached hydrogens (tertiary/aromatic N) is 1. The fraction of sp³-hybridized carbons (Fsp3) is 0.353. The highest BCUT2D eigenvalue weighted by Crippen LogP contribution is 2.25. The van der Waals surface area contributed by atoms with Crippen molar-refractivity contribution in [2.24, 2.45) is 4.99 Å². The molecule has 0 saturated carbocycles. The predicted molar refractivity (Wildman–Crippen MR) is 91.9 cm³/mol. The van der Waals surface area contributed by atoms with Gasteiger partial charge in [-0.25, -0.2) is 0 Å². The van der Waals surface area contributed by atoms with Crippen molar-refractivity contribution in [1.29, 1.82) is 0 Å². The molecule has 3 rings (SSSR count). The number of nitrogens with one attached hydrogen (secondary N) is 2. The summed E-state index contributed by atoms with van der Waals surface area (Å²) < 4.78 is 5.54. The minimum absolute atomic E-state index is 0.805. The molecule has 0 amide bonds. The van der Waals surface area contributed by atoms with Crippen LogP contribution in [0.25, 0.3) is 0 Å². The maximum Gasteiger partial charge on any atom is 0.191 e. The molecule has 0 aliphatic carbocycles. The first kappa shape index (κ1) is 14.9. The van der Waals surface area contributed by atoms with Gasteiger partial charge in [-0.2, -0.15) is 11.3 Å². The lowest BCUT2D eigenvalue weighted by Gasteiger charge is -2.11. The lowest BCUT2D eigenvalue weighted by Crippen LogP contribution is -2.37. The second-order valence-electron chi connectivity index (χ2n) is 5.27. The quantitative estimate of drug-likeness (QED) is 0.658. The van der Waals surface area contributed by atoms with Crippen LogP contribution in [-0.4, -0.2) is 26.2 Å². The summed E-state index contributed by atoms with van der Waals surface area (Å²) in [5.41, 5.74) is 3.95. The van der Waals surface area contributed by atoms with E-state index in [0.29, 0.717) is 0 Å². The number of aliphatic imine (C=N–C) groups is 1. The first-order valence-corrected chi connectivity index (χ1v) is 8.49. The first-order valence-electron chi connectivity index (χ1n) is 7.55. The van der Waals surface area contributed by atoms with Gasteiger partial charge in [-0.3, -0.25) is 4.99 Å². The second-order valence-corrected chi connectivity index (χ2v) is 6.05. The summed E-state index contributed by atoms with van der Waals surface area (Å²) >= 11 is 1.71. The zero-order valence-electron chi connectivity index (χ0n) is 12.8. The molecule has 1 aliphatic heterocycles. The molecule has 0 saturated heterocycles. The Balaban J connectivity index is 1.45. The number of ether oxygens (including phenoxy) is 1. The Morgan fingerprint density at radius 2 is 2.23 bits per heavy atom. The van der Waals surface area contributed by atoms with Crippen molar-refractivity contribution < 1.29 is 4.74 Å². The summed E-state index contributed by atoms with van der Waals surface area (Å²) in [4.78, 5) is 4.25. The highest BCUT2D eigenvalue weighted by atomic mass is 32.1. The first-order chi connectivity index (χ1) is 10.8. The molecule has 4 nitrogen and oxygen atoms in total. The van der Waals surface area contributed by atoms with Crippen LogP contribution in [0.15, 0.2) is 40.0 Å². The van der Waals surface area contributed by atoms with Gasteiger partial charge in [0.1, 0.15) is 5.75 Å². The van der Waals surface area contributed by atoms with Crippen LogP contribution in [0.1, 0.15) is 16.7 Å². The van der Waals surface area contributed by atoms with Crippen molar-refractivity contribution in [3.05, 3.63) is 51.7 Å². The van der Waals surface area contributed by atoms with Crippen LogP contribution < -0.4 is 15.4 Å². The third-order valence-corrected chi connectivity index (χ3v) is 4.46. The summed E-state index contributed by atoms with van der Waals surface area (Å²) in [5.74, 6) is 1.89. The zero-order chi connectivity index (χ0) is 15.2. The molecular formula is C17H21N3OS. The SMILES string of the molecule is CN=C(NCCc1ccc2c(c1)CCO2)NCc1ccsc1. The monoisotopic (exact) mass is 315 g/mol. The number of benzene rings is 1. The predicted octanol–water partition coefficient (Wildman–Crippen LogP) is 2.59. The molecule has 1 aromatic heterocycles. The Kier molecular flexibility index (Phi) is 4.96.